The van der Waals surface area contributed by atoms with Gasteiger partial charge in [-0.1, -0.05) is 0 Å². The number of rotatable bonds is 2. The zero-order chi connectivity index (χ0) is 15.0. The summed E-state index contributed by atoms with van der Waals surface area (Å²) in [6.45, 7) is 1.09. The number of likely N-dealkylation sites (N-methyl/N-ethyl adjacent to an activating group) is 1. The van der Waals surface area contributed by atoms with Crippen LogP contribution in [-0.4, -0.2) is 54.8 Å². The highest BCUT2D eigenvalue weighted by molar-refractivity contribution is 7.89. The van der Waals surface area contributed by atoms with Crippen LogP contribution in [0.15, 0.2) is 23.2 Å². The highest BCUT2D eigenvalue weighted by atomic mass is 32.2. The van der Waals surface area contributed by atoms with Gasteiger partial charge in [-0.15, -0.1) is 0 Å². The van der Waals surface area contributed by atoms with Gasteiger partial charge < -0.3 is 0 Å². The summed E-state index contributed by atoms with van der Waals surface area (Å²) in [5.74, 6) is 0. The summed E-state index contributed by atoms with van der Waals surface area (Å²) in [6.07, 6.45) is 4.36. The molecule has 2 aliphatic rings. The fraction of sp³-hybridized carbons (Fsp3) is 0.571. The highest BCUT2D eigenvalue weighted by Gasteiger charge is 2.38. The quantitative estimate of drug-likeness (QED) is 0.808. The van der Waals surface area contributed by atoms with Crippen LogP contribution in [0.4, 0.5) is 0 Å². The lowest BCUT2D eigenvalue weighted by Gasteiger charge is -2.25. The first-order valence-corrected chi connectivity index (χ1v) is 8.54. The van der Waals surface area contributed by atoms with E-state index in [1.165, 1.54) is 18.3 Å². The second-order valence-electron chi connectivity index (χ2n) is 5.69. The normalized spacial score (nSPS) is 27.2. The third-order valence-electron chi connectivity index (χ3n) is 4.60. The maximum atomic E-state index is 12.7. The molecule has 112 valence electrons. The van der Waals surface area contributed by atoms with E-state index >= 15 is 0 Å². The summed E-state index contributed by atoms with van der Waals surface area (Å²) in [5.41, 5.74) is 0.226. The van der Waals surface area contributed by atoms with Crippen molar-refractivity contribution in [2.75, 3.05) is 20.1 Å². The SMILES string of the molecule is CN1C2CCC1CN(S(=O)(=O)c1ccc(C#N)nc1)CC2. The molecule has 6 nitrogen and oxygen atoms in total. The molecule has 0 aliphatic carbocycles. The van der Waals surface area contributed by atoms with Crippen LogP contribution in [0.5, 0.6) is 0 Å². The zero-order valence-corrected chi connectivity index (χ0v) is 12.8. The molecule has 2 bridgehead atoms. The highest BCUT2D eigenvalue weighted by Crippen LogP contribution is 2.30. The summed E-state index contributed by atoms with van der Waals surface area (Å²) in [7, 11) is -1.44. The van der Waals surface area contributed by atoms with Gasteiger partial charge >= 0.3 is 0 Å². The number of aromatic nitrogens is 1. The summed E-state index contributed by atoms with van der Waals surface area (Å²) in [5, 5.41) is 8.74. The van der Waals surface area contributed by atoms with Crippen molar-refractivity contribution in [3.05, 3.63) is 24.0 Å². The third-order valence-corrected chi connectivity index (χ3v) is 6.45. The first-order chi connectivity index (χ1) is 10.0. The topological polar surface area (TPSA) is 77.3 Å². The Bertz CT molecular complexity index is 665. The van der Waals surface area contributed by atoms with E-state index in [1.807, 2.05) is 6.07 Å². The molecule has 0 N–H and O–H groups in total. The Labute approximate surface area is 125 Å². The second kappa shape index (κ2) is 5.37. The maximum absolute atomic E-state index is 12.7. The molecule has 2 fully saturated rings. The lowest BCUT2D eigenvalue weighted by molar-refractivity contribution is 0.246. The van der Waals surface area contributed by atoms with Crippen LogP contribution in [0.3, 0.4) is 0 Å². The molecule has 2 aliphatic heterocycles. The van der Waals surface area contributed by atoms with Gasteiger partial charge in [-0.05, 0) is 38.4 Å². The van der Waals surface area contributed by atoms with Crippen molar-refractivity contribution < 1.29 is 8.42 Å². The molecule has 3 rings (SSSR count). The Morgan fingerprint density at radius 3 is 2.71 bits per heavy atom. The van der Waals surface area contributed by atoms with E-state index < -0.39 is 10.0 Å². The van der Waals surface area contributed by atoms with Crippen molar-refractivity contribution in [3.8, 4) is 6.07 Å². The van der Waals surface area contributed by atoms with Crippen molar-refractivity contribution in [1.29, 1.82) is 5.26 Å². The van der Waals surface area contributed by atoms with Crippen LogP contribution in [0.25, 0.3) is 0 Å². The number of hydrogen-bond donors (Lipinski definition) is 0. The zero-order valence-electron chi connectivity index (χ0n) is 11.9. The molecule has 3 heterocycles. The van der Waals surface area contributed by atoms with Crippen LogP contribution in [-0.2, 0) is 10.0 Å². The smallest absolute Gasteiger partial charge is 0.244 e. The molecule has 1 aromatic rings. The van der Waals surface area contributed by atoms with Crippen LogP contribution in [0.2, 0.25) is 0 Å². The number of nitriles is 1. The summed E-state index contributed by atoms with van der Waals surface area (Å²) >= 11 is 0. The average molecular weight is 306 g/mol. The summed E-state index contributed by atoms with van der Waals surface area (Å²) in [6, 6.07) is 5.61. The predicted molar refractivity (Wildman–Crippen MR) is 76.9 cm³/mol. The molecule has 2 saturated heterocycles. The molecular weight excluding hydrogens is 288 g/mol. The number of hydrogen-bond acceptors (Lipinski definition) is 5. The minimum atomic E-state index is -3.52. The fourth-order valence-electron chi connectivity index (χ4n) is 3.24. The van der Waals surface area contributed by atoms with Gasteiger partial charge in [0.25, 0.3) is 0 Å². The average Bonchev–Trinajstić information content (AvgIpc) is 2.71. The summed E-state index contributed by atoms with van der Waals surface area (Å²) in [4.78, 5) is 6.35. The molecule has 0 amide bonds. The van der Waals surface area contributed by atoms with Crippen LogP contribution < -0.4 is 0 Å². The minimum absolute atomic E-state index is 0.168. The number of fused-ring (bicyclic) bond motifs is 2. The maximum Gasteiger partial charge on any atom is 0.244 e. The van der Waals surface area contributed by atoms with Gasteiger partial charge in [-0.25, -0.2) is 13.4 Å². The van der Waals surface area contributed by atoms with Crippen LogP contribution in [0, 0.1) is 11.3 Å². The van der Waals surface area contributed by atoms with Gasteiger partial charge in [0, 0.05) is 31.4 Å². The first-order valence-electron chi connectivity index (χ1n) is 7.10. The van der Waals surface area contributed by atoms with E-state index in [0.717, 1.165) is 19.3 Å². The van der Waals surface area contributed by atoms with E-state index in [1.54, 1.807) is 4.31 Å². The Hall–Kier alpha value is -1.49. The standard InChI is InChI=1S/C14H18N4O2S/c1-17-12-3-4-13(17)10-18(7-6-12)21(19,20)14-5-2-11(8-15)16-9-14/h2,5,9,12-13H,3-4,6-7,10H2,1H3. The predicted octanol–water partition coefficient (Wildman–Crippen LogP) is 0.810. The van der Waals surface area contributed by atoms with E-state index in [0.29, 0.717) is 25.2 Å². The molecular formula is C14H18N4O2S. The van der Waals surface area contributed by atoms with Crippen molar-refractivity contribution in [3.63, 3.8) is 0 Å². The second-order valence-corrected chi connectivity index (χ2v) is 7.63. The van der Waals surface area contributed by atoms with Gasteiger partial charge in [0.15, 0.2) is 0 Å². The number of nitrogens with zero attached hydrogens (tertiary/aromatic N) is 4. The Morgan fingerprint density at radius 2 is 2.05 bits per heavy atom. The van der Waals surface area contributed by atoms with Crippen LogP contribution in [0.1, 0.15) is 25.0 Å². The van der Waals surface area contributed by atoms with E-state index in [9.17, 15) is 8.42 Å². The molecule has 2 atom stereocenters. The van der Waals surface area contributed by atoms with Crippen LogP contribution >= 0.6 is 0 Å². The molecule has 1 aromatic heterocycles. The lowest BCUT2D eigenvalue weighted by atomic mass is 10.1. The Morgan fingerprint density at radius 1 is 1.29 bits per heavy atom. The fourth-order valence-corrected chi connectivity index (χ4v) is 4.68. The number of sulfonamides is 1. The molecule has 0 radical (unpaired) electrons. The van der Waals surface area contributed by atoms with Crippen molar-refractivity contribution in [2.24, 2.45) is 0 Å². The van der Waals surface area contributed by atoms with E-state index in [4.69, 9.17) is 5.26 Å². The number of pyridine rings is 1. The molecule has 0 aromatic carbocycles. The molecule has 0 saturated carbocycles. The van der Waals surface area contributed by atoms with Gasteiger partial charge in [0.05, 0.1) is 0 Å². The van der Waals surface area contributed by atoms with Crippen molar-refractivity contribution in [2.45, 2.75) is 36.2 Å². The molecule has 21 heavy (non-hydrogen) atoms. The Balaban J connectivity index is 1.86. The lowest BCUT2D eigenvalue weighted by Crippen LogP contribution is -2.39. The van der Waals surface area contributed by atoms with Crippen molar-refractivity contribution >= 4 is 10.0 Å². The van der Waals surface area contributed by atoms with Gasteiger partial charge in [0.1, 0.15) is 16.7 Å². The van der Waals surface area contributed by atoms with Crippen molar-refractivity contribution in [1.82, 2.24) is 14.2 Å². The minimum Gasteiger partial charge on any atom is -0.299 e. The monoisotopic (exact) mass is 306 g/mol. The largest absolute Gasteiger partial charge is 0.299 e. The van der Waals surface area contributed by atoms with Gasteiger partial charge in [-0.2, -0.15) is 9.57 Å². The molecule has 0 spiro atoms. The van der Waals surface area contributed by atoms with Gasteiger partial charge in [-0.3, -0.25) is 4.90 Å². The van der Waals surface area contributed by atoms with E-state index in [-0.39, 0.29) is 10.6 Å². The first kappa shape index (κ1) is 14.4. The molecule has 2 unspecified atom stereocenters. The summed E-state index contributed by atoms with van der Waals surface area (Å²) < 4.78 is 27.0. The molecule has 7 heteroatoms. The van der Waals surface area contributed by atoms with E-state index in [2.05, 4.69) is 16.9 Å². The third kappa shape index (κ3) is 2.55. The van der Waals surface area contributed by atoms with Gasteiger partial charge in [0.2, 0.25) is 10.0 Å². The Kier molecular flexibility index (Phi) is 3.69.